The molecule has 0 atom stereocenters. The van der Waals surface area contributed by atoms with Crippen LogP contribution in [0.15, 0.2) is 54.6 Å². The Hall–Kier alpha value is -0.578. The SMILES string of the molecule is [Cl-].[Cl-].[Cr+3].c1ccc2c(c1)ccc1cc[cH-]c12. The van der Waals surface area contributed by atoms with Crippen molar-refractivity contribution in [3.05, 3.63) is 54.6 Å². The molecule has 0 N–H and O–H groups in total. The first-order chi connectivity index (χ1) is 6.45. The zero-order chi connectivity index (χ0) is 8.67. The van der Waals surface area contributed by atoms with Gasteiger partial charge in [0.15, 0.2) is 0 Å². The van der Waals surface area contributed by atoms with E-state index in [0.717, 1.165) is 0 Å². The first-order valence-corrected chi connectivity index (χ1v) is 4.48. The van der Waals surface area contributed by atoms with Gasteiger partial charge in [0, 0.05) is 0 Å². The second-order valence-electron chi connectivity index (χ2n) is 3.32. The number of hydrogen-bond acceptors (Lipinski definition) is 0. The molecule has 0 amide bonds. The van der Waals surface area contributed by atoms with Crippen LogP contribution >= 0.6 is 0 Å². The molecular formula is C13H9Cl2Cr. The summed E-state index contributed by atoms with van der Waals surface area (Å²) in [5.41, 5.74) is 0. The van der Waals surface area contributed by atoms with Gasteiger partial charge < -0.3 is 24.8 Å². The Labute approximate surface area is 118 Å². The van der Waals surface area contributed by atoms with Crippen LogP contribution in [-0.2, 0) is 17.4 Å². The van der Waals surface area contributed by atoms with Crippen molar-refractivity contribution in [2.24, 2.45) is 0 Å². The molecule has 0 spiro atoms. The summed E-state index contributed by atoms with van der Waals surface area (Å²) in [6, 6.07) is 19.3. The van der Waals surface area contributed by atoms with Crippen molar-refractivity contribution in [3.8, 4) is 0 Å². The first kappa shape index (κ1) is 15.4. The van der Waals surface area contributed by atoms with E-state index in [9.17, 15) is 0 Å². The zero-order valence-corrected chi connectivity index (χ0v) is 11.1. The van der Waals surface area contributed by atoms with Crippen LogP contribution in [0.25, 0.3) is 21.5 Å². The number of halogens is 2. The number of rotatable bonds is 0. The van der Waals surface area contributed by atoms with Gasteiger partial charge in [0.2, 0.25) is 0 Å². The molecular weight excluding hydrogens is 279 g/mol. The Kier molecular flexibility index (Phi) is 6.01. The minimum Gasteiger partial charge on any atom is -1.00 e. The van der Waals surface area contributed by atoms with Gasteiger partial charge in [-0.1, -0.05) is 41.1 Å². The van der Waals surface area contributed by atoms with E-state index in [2.05, 4.69) is 54.6 Å². The van der Waals surface area contributed by atoms with E-state index in [4.69, 9.17) is 0 Å². The van der Waals surface area contributed by atoms with Crippen molar-refractivity contribution in [3.63, 3.8) is 0 Å². The summed E-state index contributed by atoms with van der Waals surface area (Å²) < 4.78 is 0. The van der Waals surface area contributed by atoms with Crippen LogP contribution in [0.1, 0.15) is 0 Å². The normalized spacial score (nSPS) is 9.00. The molecule has 0 aliphatic heterocycles. The van der Waals surface area contributed by atoms with Crippen LogP contribution in [0.3, 0.4) is 0 Å². The molecule has 3 aromatic carbocycles. The Morgan fingerprint density at radius 2 is 1.44 bits per heavy atom. The molecule has 0 nitrogen and oxygen atoms in total. The number of hydrogen-bond donors (Lipinski definition) is 0. The molecule has 3 aromatic rings. The van der Waals surface area contributed by atoms with Gasteiger partial charge in [0.1, 0.15) is 0 Å². The molecule has 0 unspecified atom stereocenters. The predicted octanol–water partition coefficient (Wildman–Crippen LogP) is -2.28. The monoisotopic (exact) mass is 287 g/mol. The predicted molar refractivity (Wildman–Crippen MR) is 57.0 cm³/mol. The van der Waals surface area contributed by atoms with Crippen molar-refractivity contribution < 1.29 is 42.2 Å². The maximum Gasteiger partial charge on any atom is 3.00 e. The first-order valence-electron chi connectivity index (χ1n) is 4.48. The Bertz CT molecular complexity index is 572. The third kappa shape index (κ3) is 2.39. The molecule has 81 valence electrons. The second kappa shape index (κ2) is 6.23. The van der Waals surface area contributed by atoms with Crippen molar-refractivity contribution in [2.45, 2.75) is 0 Å². The Morgan fingerprint density at radius 1 is 0.750 bits per heavy atom. The van der Waals surface area contributed by atoms with Crippen molar-refractivity contribution >= 4 is 21.5 Å². The molecule has 16 heavy (non-hydrogen) atoms. The standard InChI is InChI=1S/C13H9.2ClH.Cr/c1-2-6-12-10(4-1)8-9-11-5-3-7-13(11)12;;;/h1-9H;2*1H;/q-1;;;+3/p-2. The van der Waals surface area contributed by atoms with Crippen LogP contribution in [0, 0.1) is 0 Å². The fourth-order valence-electron chi connectivity index (χ4n) is 1.89. The van der Waals surface area contributed by atoms with Gasteiger partial charge in [0.25, 0.3) is 0 Å². The summed E-state index contributed by atoms with van der Waals surface area (Å²) in [5.74, 6) is 0. The summed E-state index contributed by atoms with van der Waals surface area (Å²) in [5, 5.41) is 5.36. The molecule has 1 radical (unpaired) electrons. The summed E-state index contributed by atoms with van der Waals surface area (Å²) in [4.78, 5) is 0. The Balaban J connectivity index is 0.000000750. The van der Waals surface area contributed by atoms with Crippen LogP contribution in [-0.4, -0.2) is 0 Å². The van der Waals surface area contributed by atoms with E-state index in [1.165, 1.54) is 21.5 Å². The fraction of sp³-hybridized carbons (Fsp3) is 0. The fourth-order valence-corrected chi connectivity index (χ4v) is 1.89. The molecule has 0 aromatic heterocycles. The van der Waals surface area contributed by atoms with Gasteiger partial charge in [-0.2, -0.15) is 12.1 Å². The summed E-state index contributed by atoms with van der Waals surface area (Å²) in [7, 11) is 0. The topological polar surface area (TPSA) is 0 Å². The maximum absolute atomic E-state index is 2.18. The van der Waals surface area contributed by atoms with E-state index < -0.39 is 0 Å². The molecule has 3 rings (SSSR count). The largest absolute Gasteiger partial charge is 3.00 e. The second-order valence-corrected chi connectivity index (χ2v) is 3.32. The van der Waals surface area contributed by atoms with Crippen molar-refractivity contribution in [1.82, 2.24) is 0 Å². The van der Waals surface area contributed by atoms with Gasteiger partial charge in [-0.05, 0) is 0 Å². The Morgan fingerprint density at radius 3 is 2.25 bits per heavy atom. The van der Waals surface area contributed by atoms with Crippen molar-refractivity contribution in [1.29, 1.82) is 0 Å². The van der Waals surface area contributed by atoms with Crippen LogP contribution in [0.2, 0.25) is 0 Å². The molecule has 0 aliphatic rings. The van der Waals surface area contributed by atoms with E-state index >= 15 is 0 Å². The van der Waals surface area contributed by atoms with E-state index in [-0.39, 0.29) is 42.2 Å². The molecule has 0 fully saturated rings. The summed E-state index contributed by atoms with van der Waals surface area (Å²) in [6.07, 6.45) is 0. The maximum atomic E-state index is 2.18. The summed E-state index contributed by atoms with van der Waals surface area (Å²) >= 11 is 0. The molecule has 0 saturated carbocycles. The van der Waals surface area contributed by atoms with Crippen molar-refractivity contribution in [2.75, 3.05) is 0 Å². The summed E-state index contributed by atoms with van der Waals surface area (Å²) in [6.45, 7) is 0. The quantitative estimate of drug-likeness (QED) is 0.409. The van der Waals surface area contributed by atoms with E-state index in [0.29, 0.717) is 0 Å². The van der Waals surface area contributed by atoms with E-state index in [1.54, 1.807) is 0 Å². The third-order valence-electron chi connectivity index (χ3n) is 2.54. The van der Waals surface area contributed by atoms with Crippen LogP contribution in [0.4, 0.5) is 0 Å². The minimum atomic E-state index is 0. The van der Waals surface area contributed by atoms with E-state index in [1.807, 2.05) is 0 Å². The van der Waals surface area contributed by atoms with Gasteiger partial charge in [-0.15, -0.1) is 22.9 Å². The smallest absolute Gasteiger partial charge is 1.00 e. The molecule has 0 heterocycles. The molecule has 3 heteroatoms. The average Bonchev–Trinajstić information content (AvgIpc) is 2.65. The third-order valence-corrected chi connectivity index (χ3v) is 2.54. The molecule has 0 bridgehead atoms. The zero-order valence-electron chi connectivity index (χ0n) is 8.36. The molecule has 0 saturated heterocycles. The number of fused-ring (bicyclic) bond motifs is 3. The van der Waals surface area contributed by atoms with Crippen LogP contribution in [0.5, 0.6) is 0 Å². The average molecular weight is 288 g/mol. The molecule has 0 aliphatic carbocycles. The van der Waals surface area contributed by atoms with Crippen LogP contribution < -0.4 is 24.8 Å². The van der Waals surface area contributed by atoms with Gasteiger partial charge in [-0.3, -0.25) is 0 Å². The minimum absolute atomic E-state index is 0. The van der Waals surface area contributed by atoms with Gasteiger partial charge >= 0.3 is 17.4 Å². The van der Waals surface area contributed by atoms with Gasteiger partial charge in [0.05, 0.1) is 0 Å². The number of benzene rings is 2. The van der Waals surface area contributed by atoms with Gasteiger partial charge in [-0.25, -0.2) is 0 Å².